The molecule has 0 saturated heterocycles. The highest BCUT2D eigenvalue weighted by Gasteiger charge is 2.14. The van der Waals surface area contributed by atoms with Gasteiger partial charge in [0.1, 0.15) is 11.5 Å². The van der Waals surface area contributed by atoms with E-state index in [0.29, 0.717) is 27.9 Å². The maximum Gasteiger partial charge on any atom is 0.269 e. The van der Waals surface area contributed by atoms with E-state index in [1.807, 2.05) is 6.07 Å². The summed E-state index contributed by atoms with van der Waals surface area (Å²) in [6, 6.07) is 10.7. The minimum absolute atomic E-state index is 0.0744. The maximum absolute atomic E-state index is 12.3. The number of nitrogens with one attached hydrogen (secondary N) is 1. The number of benzene rings is 2. The number of amides is 1. The molecule has 2 aromatic carbocycles. The van der Waals surface area contributed by atoms with E-state index in [-0.39, 0.29) is 5.69 Å². The fourth-order valence-electron chi connectivity index (χ4n) is 2.37. The minimum Gasteiger partial charge on any atom is -0.497 e. The van der Waals surface area contributed by atoms with Crippen LogP contribution in [0.2, 0.25) is 0 Å². The zero-order valence-electron chi connectivity index (χ0n) is 14.5. The molecule has 0 atom stereocenters. The van der Waals surface area contributed by atoms with Crippen molar-refractivity contribution in [2.24, 2.45) is 0 Å². The summed E-state index contributed by atoms with van der Waals surface area (Å²) in [6.07, 6.45) is 0. The van der Waals surface area contributed by atoms with Gasteiger partial charge in [-0.05, 0) is 24.3 Å². The lowest BCUT2D eigenvalue weighted by Crippen LogP contribution is -2.11. The third-order valence-electron chi connectivity index (χ3n) is 3.75. The fraction of sp³-hybridized carbons (Fsp3) is 0.111. The molecule has 0 unspecified atom stereocenters. The van der Waals surface area contributed by atoms with Gasteiger partial charge in [0.05, 0.1) is 24.8 Å². The lowest BCUT2D eigenvalue weighted by molar-refractivity contribution is -0.384. The van der Waals surface area contributed by atoms with E-state index in [2.05, 4.69) is 10.3 Å². The van der Waals surface area contributed by atoms with Crippen molar-refractivity contribution in [3.8, 4) is 22.8 Å². The lowest BCUT2D eigenvalue weighted by Gasteiger charge is -2.08. The fourth-order valence-corrected chi connectivity index (χ4v) is 3.07. The summed E-state index contributed by atoms with van der Waals surface area (Å²) in [4.78, 5) is 26.9. The van der Waals surface area contributed by atoms with Crippen LogP contribution >= 0.6 is 11.3 Å². The van der Waals surface area contributed by atoms with Crippen molar-refractivity contribution in [1.29, 1.82) is 0 Å². The van der Waals surface area contributed by atoms with Crippen molar-refractivity contribution in [3.63, 3.8) is 0 Å². The Balaban J connectivity index is 1.78. The number of rotatable bonds is 6. The summed E-state index contributed by atoms with van der Waals surface area (Å²) in [5.41, 5.74) is 1.65. The van der Waals surface area contributed by atoms with Gasteiger partial charge in [-0.2, -0.15) is 0 Å². The van der Waals surface area contributed by atoms with Crippen molar-refractivity contribution >= 4 is 28.1 Å². The van der Waals surface area contributed by atoms with Crippen LogP contribution in [0, 0.1) is 10.1 Å². The molecule has 1 amide bonds. The number of nitro benzene ring substituents is 1. The average molecular weight is 385 g/mol. The second kappa shape index (κ2) is 7.83. The molecule has 3 rings (SSSR count). The van der Waals surface area contributed by atoms with E-state index in [0.717, 1.165) is 5.56 Å². The molecule has 3 aromatic rings. The molecule has 0 radical (unpaired) electrons. The standard InChI is InChI=1S/C18H15N3O5S/c1-25-13-7-8-14(16(9-13)26-2)15-10-27-18(19-15)20-17(22)11-3-5-12(6-4-11)21(23)24/h3-10H,1-2H3,(H,19,20,22). The van der Waals surface area contributed by atoms with Crippen LogP contribution in [0.3, 0.4) is 0 Å². The van der Waals surface area contributed by atoms with Crippen molar-refractivity contribution in [3.05, 3.63) is 63.5 Å². The highest BCUT2D eigenvalue weighted by molar-refractivity contribution is 7.14. The number of hydrogen-bond acceptors (Lipinski definition) is 7. The lowest BCUT2D eigenvalue weighted by atomic mass is 10.1. The quantitative estimate of drug-likeness (QED) is 0.508. The molecule has 0 aliphatic carbocycles. The smallest absolute Gasteiger partial charge is 0.269 e. The van der Waals surface area contributed by atoms with Gasteiger partial charge in [0.2, 0.25) is 0 Å². The first kappa shape index (κ1) is 18.3. The molecule has 0 aliphatic heterocycles. The first-order chi connectivity index (χ1) is 13.0. The summed E-state index contributed by atoms with van der Waals surface area (Å²) in [5.74, 6) is 0.873. The largest absolute Gasteiger partial charge is 0.497 e. The van der Waals surface area contributed by atoms with Gasteiger partial charge in [-0.15, -0.1) is 11.3 Å². The topological polar surface area (TPSA) is 104 Å². The van der Waals surface area contributed by atoms with Crippen molar-refractivity contribution in [2.45, 2.75) is 0 Å². The number of nitro groups is 1. The first-order valence-corrected chi connectivity index (χ1v) is 8.63. The molecule has 27 heavy (non-hydrogen) atoms. The van der Waals surface area contributed by atoms with E-state index >= 15 is 0 Å². The Morgan fingerprint density at radius 3 is 2.52 bits per heavy atom. The second-order valence-electron chi connectivity index (χ2n) is 5.36. The van der Waals surface area contributed by atoms with Crippen molar-refractivity contribution in [1.82, 2.24) is 4.98 Å². The molecule has 8 nitrogen and oxygen atoms in total. The van der Waals surface area contributed by atoms with Crippen LogP contribution in [0.4, 0.5) is 10.8 Å². The number of anilines is 1. The van der Waals surface area contributed by atoms with E-state index in [1.165, 1.54) is 35.6 Å². The van der Waals surface area contributed by atoms with E-state index < -0.39 is 10.8 Å². The number of hydrogen-bond donors (Lipinski definition) is 1. The summed E-state index contributed by atoms with van der Waals surface area (Å²) in [6.45, 7) is 0. The van der Waals surface area contributed by atoms with Crippen LogP contribution in [0.15, 0.2) is 47.8 Å². The molecule has 0 bridgehead atoms. The molecule has 1 heterocycles. The van der Waals surface area contributed by atoms with Crippen LogP contribution < -0.4 is 14.8 Å². The number of ether oxygens (including phenoxy) is 2. The second-order valence-corrected chi connectivity index (χ2v) is 6.22. The molecular formula is C18H15N3O5S. The van der Waals surface area contributed by atoms with Gasteiger partial charge < -0.3 is 9.47 Å². The van der Waals surface area contributed by atoms with Crippen LogP contribution in [-0.4, -0.2) is 30.0 Å². The van der Waals surface area contributed by atoms with Gasteiger partial charge in [0.15, 0.2) is 5.13 Å². The Hall–Kier alpha value is -3.46. The van der Waals surface area contributed by atoms with Crippen LogP contribution in [0.25, 0.3) is 11.3 Å². The van der Waals surface area contributed by atoms with E-state index in [4.69, 9.17) is 9.47 Å². The minimum atomic E-state index is -0.517. The molecule has 1 N–H and O–H groups in total. The maximum atomic E-state index is 12.3. The van der Waals surface area contributed by atoms with Gasteiger partial charge in [0, 0.05) is 34.7 Å². The SMILES string of the molecule is COc1ccc(-c2csc(NC(=O)c3ccc([N+](=O)[O-])cc3)n2)c(OC)c1. The van der Waals surface area contributed by atoms with Gasteiger partial charge in [0.25, 0.3) is 11.6 Å². The van der Waals surface area contributed by atoms with Crippen molar-refractivity contribution in [2.75, 3.05) is 19.5 Å². The summed E-state index contributed by atoms with van der Waals surface area (Å²) < 4.78 is 10.6. The molecule has 0 saturated carbocycles. The Morgan fingerprint density at radius 2 is 1.89 bits per heavy atom. The molecule has 9 heteroatoms. The predicted molar refractivity (Wildman–Crippen MR) is 102 cm³/mol. The highest BCUT2D eigenvalue weighted by atomic mass is 32.1. The zero-order chi connectivity index (χ0) is 19.4. The third-order valence-corrected chi connectivity index (χ3v) is 4.51. The summed E-state index contributed by atoms with van der Waals surface area (Å²) >= 11 is 1.27. The number of carbonyl (C=O) groups is 1. The molecular weight excluding hydrogens is 370 g/mol. The number of aromatic nitrogens is 1. The van der Waals surface area contributed by atoms with Gasteiger partial charge in [-0.1, -0.05) is 0 Å². The van der Waals surface area contributed by atoms with Crippen molar-refractivity contribution < 1.29 is 19.2 Å². The Morgan fingerprint density at radius 1 is 1.15 bits per heavy atom. The molecule has 1 aromatic heterocycles. The number of non-ortho nitro benzene ring substituents is 1. The monoisotopic (exact) mass is 385 g/mol. The Kier molecular flexibility index (Phi) is 5.32. The molecule has 0 fully saturated rings. The predicted octanol–water partition coefficient (Wildman–Crippen LogP) is 3.99. The normalized spacial score (nSPS) is 10.3. The Bertz CT molecular complexity index is 985. The third kappa shape index (κ3) is 4.04. The van der Waals surface area contributed by atoms with Gasteiger partial charge in [-0.25, -0.2) is 4.98 Å². The molecule has 0 aliphatic rings. The van der Waals surface area contributed by atoms with Crippen LogP contribution in [0.5, 0.6) is 11.5 Å². The van der Waals surface area contributed by atoms with Crippen LogP contribution in [-0.2, 0) is 0 Å². The van der Waals surface area contributed by atoms with Gasteiger partial charge in [-0.3, -0.25) is 20.2 Å². The van der Waals surface area contributed by atoms with Crippen LogP contribution in [0.1, 0.15) is 10.4 Å². The zero-order valence-corrected chi connectivity index (χ0v) is 15.3. The van der Waals surface area contributed by atoms with E-state index in [1.54, 1.807) is 31.7 Å². The first-order valence-electron chi connectivity index (χ1n) is 7.75. The van der Waals surface area contributed by atoms with Gasteiger partial charge >= 0.3 is 0 Å². The van der Waals surface area contributed by atoms with E-state index in [9.17, 15) is 14.9 Å². The summed E-state index contributed by atoms with van der Waals surface area (Å²) in [7, 11) is 3.13. The Labute approximate surface area is 158 Å². The number of methoxy groups -OCH3 is 2. The number of nitrogens with zero attached hydrogens (tertiary/aromatic N) is 2. The number of carbonyl (C=O) groups excluding carboxylic acids is 1. The molecule has 0 spiro atoms. The number of thiazole rings is 1. The highest BCUT2D eigenvalue weighted by Crippen LogP contribution is 2.34. The molecule has 138 valence electrons. The summed E-state index contributed by atoms with van der Waals surface area (Å²) in [5, 5.41) is 15.6. The average Bonchev–Trinajstić information content (AvgIpc) is 3.15.